The van der Waals surface area contributed by atoms with Crippen LogP contribution in [0.4, 0.5) is 5.69 Å². The van der Waals surface area contributed by atoms with Crippen LogP contribution in [-0.2, 0) is 4.79 Å². The van der Waals surface area contributed by atoms with E-state index >= 15 is 0 Å². The molecule has 0 aliphatic heterocycles. The lowest BCUT2D eigenvalue weighted by Crippen LogP contribution is -2.41. The largest absolute Gasteiger partial charge is 0.505 e. The van der Waals surface area contributed by atoms with Gasteiger partial charge >= 0.3 is 0 Å². The van der Waals surface area contributed by atoms with Crippen LogP contribution in [0.1, 0.15) is 17.3 Å². The topological polar surface area (TPSA) is 102 Å². The summed E-state index contributed by atoms with van der Waals surface area (Å²) >= 11 is 0. The molecule has 2 rings (SSSR count). The number of aromatic hydroxyl groups is 1. The fraction of sp³-hybridized carbons (Fsp3) is 0.294. The van der Waals surface area contributed by atoms with E-state index in [2.05, 4.69) is 16.6 Å². The molecule has 0 bridgehead atoms. The molecular formula is C17H19N3O4. The maximum atomic E-state index is 12.1. The van der Waals surface area contributed by atoms with Crippen molar-refractivity contribution in [1.29, 1.82) is 0 Å². The Balaban J connectivity index is 2.37. The van der Waals surface area contributed by atoms with E-state index in [0.717, 1.165) is 0 Å². The number of benzene rings is 1. The predicted octanol–water partition coefficient (Wildman–Crippen LogP) is 0.859. The summed E-state index contributed by atoms with van der Waals surface area (Å²) in [7, 11) is 3.17. The summed E-state index contributed by atoms with van der Waals surface area (Å²) in [5.74, 6) is 0.824. The van der Waals surface area contributed by atoms with Crippen molar-refractivity contribution in [3.8, 4) is 17.8 Å². The lowest BCUT2D eigenvalue weighted by molar-refractivity contribution is -0.118. The van der Waals surface area contributed by atoms with Gasteiger partial charge in [0, 0.05) is 20.6 Å². The minimum Gasteiger partial charge on any atom is -0.505 e. The van der Waals surface area contributed by atoms with Gasteiger partial charge in [-0.05, 0) is 25.0 Å². The van der Waals surface area contributed by atoms with Crippen LogP contribution in [0.15, 0.2) is 29.6 Å². The normalized spacial score (nSPS) is 16.0. The molecule has 4 N–H and O–H groups in total. The number of hydrogen-bond donors (Lipinski definition) is 4. The van der Waals surface area contributed by atoms with E-state index in [1.54, 1.807) is 32.3 Å². The Kier molecular flexibility index (Phi) is 4.99. The first kappa shape index (κ1) is 17.2. The fourth-order valence-electron chi connectivity index (χ4n) is 2.38. The third kappa shape index (κ3) is 2.99. The van der Waals surface area contributed by atoms with Gasteiger partial charge in [-0.3, -0.25) is 9.59 Å². The van der Waals surface area contributed by atoms with Crippen molar-refractivity contribution in [1.82, 2.24) is 10.2 Å². The third-order valence-corrected chi connectivity index (χ3v) is 3.57. The van der Waals surface area contributed by atoms with E-state index in [0.29, 0.717) is 12.2 Å². The molecule has 0 saturated carbocycles. The maximum Gasteiger partial charge on any atom is 0.257 e. The van der Waals surface area contributed by atoms with Crippen LogP contribution >= 0.6 is 0 Å². The summed E-state index contributed by atoms with van der Waals surface area (Å²) in [5, 5.41) is 24.9. The Bertz CT molecular complexity index is 772. The second kappa shape index (κ2) is 6.96. The van der Waals surface area contributed by atoms with Gasteiger partial charge in [-0.15, -0.1) is 0 Å². The van der Waals surface area contributed by atoms with E-state index in [1.807, 2.05) is 6.92 Å². The number of aliphatic hydroxyl groups is 1. The molecule has 1 aromatic rings. The average molecular weight is 329 g/mol. The second-order valence-corrected chi connectivity index (χ2v) is 5.40. The number of aliphatic hydroxyl groups excluding tert-OH is 1. The summed E-state index contributed by atoms with van der Waals surface area (Å²) < 4.78 is 0. The van der Waals surface area contributed by atoms with E-state index in [1.165, 1.54) is 11.0 Å². The Morgan fingerprint density at radius 3 is 2.67 bits per heavy atom. The molecule has 1 unspecified atom stereocenters. The first-order valence-corrected chi connectivity index (χ1v) is 7.39. The van der Waals surface area contributed by atoms with E-state index in [-0.39, 0.29) is 34.4 Å². The number of phenols is 1. The Morgan fingerprint density at radius 1 is 1.38 bits per heavy atom. The molecule has 7 heteroatoms. The molecule has 1 atom stereocenters. The molecule has 0 spiro atoms. The molecule has 0 aromatic heterocycles. The summed E-state index contributed by atoms with van der Waals surface area (Å²) in [6, 6.07) is 4.68. The number of Topliss-reactive ketones (excluding diaryl/α,β-unsaturated/α-hetero) is 1. The number of nitrogens with zero attached hydrogens (tertiary/aromatic N) is 1. The number of amides is 1. The molecule has 0 fully saturated rings. The standard InChI is InChI=1S/C17H19N3O4/c1-4-18-13-10(8-9-21)16(23)14(13)19-12-7-5-6-11(15(12)22)17(24)20(2)3/h5-7,10,18-19,21-22H,4H2,1-3H3. The molecule has 1 aliphatic rings. The smallest absolute Gasteiger partial charge is 0.257 e. The van der Waals surface area contributed by atoms with Crippen LogP contribution in [0.25, 0.3) is 0 Å². The summed E-state index contributed by atoms with van der Waals surface area (Å²) in [4.78, 5) is 25.6. The summed E-state index contributed by atoms with van der Waals surface area (Å²) in [6.45, 7) is 2.44. The number of nitrogens with one attached hydrogen (secondary N) is 2. The highest BCUT2D eigenvalue weighted by molar-refractivity contribution is 6.11. The minimum atomic E-state index is -0.716. The Morgan fingerprint density at radius 2 is 2.08 bits per heavy atom. The van der Waals surface area contributed by atoms with E-state index in [9.17, 15) is 14.7 Å². The molecule has 1 aliphatic carbocycles. The van der Waals surface area contributed by atoms with Crippen molar-refractivity contribution in [3.63, 3.8) is 0 Å². The number of phenolic OH excluding ortho intramolecular Hbond substituents is 1. The number of allylic oxidation sites excluding steroid dienone is 2. The zero-order chi connectivity index (χ0) is 17.9. The predicted molar refractivity (Wildman–Crippen MR) is 88.7 cm³/mol. The van der Waals surface area contributed by atoms with Crippen LogP contribution in [0, 0.1) is 17.9 Å². The van der Waals surface area contributed by atoms with Gasteiger partial charge in [0.05, 0.1) is 16.9 Å². The van der Waals surface area contributed by atoms with Gasteiger partial charge in [0.1, 0.15) is 17.7 Å². The molecule has 0 saturated heterocycles. The van der Waals surface area contributed by atoms with Crippen LogP contribution in [-0.4, -0.2) is 47.4 Å². The first-order chi connectivity index (χ1) is 11.4. The van der Waals surface area contributed by atoms with Crippen molar-refractivity contribution < 1.29 is 19.8 Å². The average Bonchev–Trinajstić information content (AvgIpc) is 2.57. The number of carbonyl (C=O) groups is 2. The van der Waals surface area contributed by atoms with Gasteiger partial charge in [-0.2, -0.15) is 0 Å². The van der Waals surface area contributed by atoms with Crippen molar-refractivity contribution in [2.75, 3.05) is 26.0 Å². The van der Waals surface area contributed by atoms with E-state index in [4.69, 9.17) is 5.11 Å². The molecule has 1 aromatic carbocycles. The van der Waals surface area contributed by atoms with E-state index < -0.39 is 5.92 Å². The van der Waals surface area contributed by atoms with Crippen LogP contribution in [0.2, 0.25) is 0 Å². The monoisotopic (exact) mass is 329 g/mol. The van der Waals surface area contributed by atoms with Crippen LogP contribution in [0.3, 0.4) is 0 Å². The molecule has 126 valence electrons. The van der Waals surface area contributed by atoms with Crippen molar-refractivity contribution in [2.45, 2.75) is 6.92 Å². The molecule has 0 radical (unpaired) electrons. The van der Waals surface area contributed by atoms with Crippen LogP contribution < -0.4 is 10.6 Å². The number of hydrogen-bond acceptors (Lipinski definition) is 6. The second-order valence-electron chi connectivity index (χ2n) is 5.40. The minimum absolute atomic E-state index is 0.133. The van der Waals surface area contributed by atoms with Crippen LogP contribution in [0.5, 0.6) is 5.75 Å². The zero-order valence-electron chi connectivity index (χ0n) is 13.7. The lowest BCUT2D eigenvalue weighted by atomic mass is 9.85. The SMILES string of the molecule is CCNC1=C(Nc2cccc(C(=O)N(C)C)c2O)C(=O)C1C#CO. The number of rotatable bonds is 5. The van der Waals surface area contributed by atoms with Gasteiger partial charge in [-0.1, -0.05) is 6.07 Å². The van der Waals surface area contributed by atoms with Gasteiger partial charge in [0.15, 0.2) is 5.75 Å². The highest BCUT2D eigenvalue weighted by atomic mass is 16.3. The highest BCUT2D eigenvalue weighted by Crippen LogP contribution is 2.34. The van der Waals surface area contributed by atoms with Gasteiger partial charge in [0.25, 0.3) is 5.91 Å². The first-order valence-electron chi connectivity index (χ1n) is 7.39. The van der Waals surface area contributed by atoms with Gasteiger partial charge < -0.3 is 25.7 Å². The fourth-order valence-corrected chi connectivity index (χ4v) is 2.38. The lowest BCUT2D eigenvalue weighted by Gasteiger charge is -2.29. The Labute approximate surface area is 140 Å². The zero-order valence-corrected chi connectivity index (χ0v) is 13.7. The number of para-hydroxylation sites is 1. The van der Waals surface area contributed by atoms with Gasteiger partial charge in [0.2, 0.25) is 5.78 Å². The molecule has 1 amide bonds. The van der Waals surface area contributed by atoms with Crippen molar-refractivity contribution in [3.05, 3.63) is 35.2 Å². The number of ketones is 1. The Hall–Kier alpha value is -3.14. The number of anilines is 1. The third-order valence-electron chi connectivity index (χ3n) is 3.57. The van der Waals surface area contributed by atoms with Gasteiger partial charge in [-0.25, -0.2) is 0 Å². The molecule has 0 heterocycles. The van der Waals surface area contributed by atoms with Crippen molar-refractivity contribution in [2.24, 2.45) is 5.92 Å². The quantitative estimate of drug-likeness (QED) is 0.472. The summed E-state index contributed by atoms with van der Waals surface area (Å²) in [6.07, 6.45) is 1.75. The molecule has 24 heavy (non-hydrogen) atoms. The maximum absolute atomic E-state index is 12.1. The molecule has 7 nitrogen and oxygen atoms in total. The highest BCUT2D eigenvalue weighted by Gasteiger charge is 2.39. The molecular weight excluding hydrogens is 310 g/mol. The summed E-state index contributed by atoms with van der Waals surface area (Å²) in [5.41, 5.74) is 1.19. The van der Waals surface area contributed by atoms with Crippen molar-refractivity contribution >= 4 is 17.4 Å². The number of carbonyl (C=O) groups excluding carboxylic acids is 2.